The van der Waals surface area contributed by atoms with Crippen molar-refractivity contribution < 1.29 is 13.2 Å². The van der Waals surface area contributed by atoms with E-state index in [1.54, 1.807) is 36.4 Å². The summed E-state index contributed by atoms with van der Waals surface area (Å²) in [6.45, 7) is 4.23. The average molecular weight is 422 g/mol. The highest BCUT2D eigenvalue weighted by Crippen LogP contribution is 2.37. The number of hydrogen-bond acceptors (Lipinski definition) is 4. The normalized spacial score (nSPS) is 16.7. The molecule has 6 nitrogen and oxygen atoms in total. The van der Waals surface area contributed by atoms with Crippen LogP contribution in [-0.2, 0) is 10.0 Å². The molecule has 2 aliphatic heterocycles. The van der Waals surface area contributed by atoms with Gasteiger partial charge >= 0.3 is 0 Å². The first-order chi connectivity index (χ1) is 14.4. The van der Waals surface area contributed by atoms with Gasteiger partial charge in [-0.3, -0.25) is 9.52 Å². The first-order valence-corrected chi connectivity index (χ1v) is 11.7. The van der Waals surface area contributed by atoms with Gasteiger partial charge in [-0.2, -0.15) is 0 Å². The van der Waals surface area contributed by atoms with Gasteiger partial charge in [0.15, 0.2) is 0 Å². The molecule has 1 amide bonds. The van der Waals surface area contributed by atoms with Crippen molar-refractivity contribution in [1.29, 1.82) is 0 Å². The molecule has 2 heterocycles. The number of benzene rings is 3. The van der Waals surface area contributed by atoms with Crippen molar-refractivity contribution in [2.45, 2.75) is 24.7 Å². The van der Waals surface area contributed by atoms with Crippen LogP contribution in [0.3, 0.4) is 0 Å². The summed E-state index contributed by atoms with van der Waals surface area (Å²) >= 11 is 0. The lowest BCUT2D eigenvalue weighted by atomic mass is 9.99. The molecular weight excluding hydrogens is 398 g/mol. The quantitative estimate of drug-likeness (QED) is 0.653. The summed E-state index contributed by atoms with van der Waals surface area (Å²) < 4.78 is 29.2. The Morgan fingerprint density at radius 1 is 1.03 bits per heavy atom. The summed E-state index contributed by atoms with van der Waals surface area (Å²) in [4.78, 5) is 14.6. The molecule has 0 unspecified atom stereocenters. The zero-order valence-corrected chi connectivity index (χ0v) is 17.5. The maximum Gasteiger partial charge on any atom is 0.262 e. The molecule has 3 aromatic rings. The molecule has 5 rings (SSSR count). The van der Waals surface area contributed by atoms with Crippen LogP contribution in [0.2, 0.25) is 0 Å². The van der Waals surface area contributed by atoms with Gasteiger partial charge in [-0.05, 0) is 55.2 Å². The minimum atomic E-state index is -3.83. The number of sulfonamides is 1. The van der Waals surface area contributed by atoms with Gasteiger partial charge in [0.05, 0.1) is 10.6 Å². The van der Waals surface area contributed by atoms with Crippen LogP contribution in [0.1, 0.15) is 30.1 Å². The molecule has 0 atom stereocenters. The van der Waals surface area contributed by atoms with Gasteiger partial charge in [0, 0.05) is 40.8 Å². The summed E-state index contributed by atoms with van der Waals surface area (Å²) in [7, 11) is -3.83. The van der Waals surface area contributed by atoms with Crippen molar-refractivity contribution in [2.75, 3.05) is 28.0 Å². The second-order valence-corrected chi connectivity index (χ2v) is 9.77. The van der Waals surface area contributed by atoms with Gasteiger partial charge in [0.1, 0.15) is 0 Å². The van der Waals surface area contributed by atoms with E-state index in [0.717, 1.165) is 37.5 Å². The van der Waals surface area contributed by atoms with Crippen LogP contribution >= 0.6 is 0 Å². The topological polar surface area (TPSA) is 78.5 Å². The zero-order valence-electron chi connectivity index (χ0n) is 16.7. The molecule has 30 heavy (non-hydrogen) atoms. The molecule has 0 saturated carbocycles. The number of carbonyl (C=O) groups is 1. The fraction of sp³-hybridized carbons (Fsp3) is 0.261. The summed E-state index contributed by atoms with van der Waals surface area (Å²) in [5.41, 5.74) is 2.70. The minimum absolute atomic E-state index is 0.164. The average Bonchev–Trinajstić information content (AvgIpc) is 3.06. The smallest absolute Gasteiger partial charge is 0.262 e. The second kappa shape index (κ2) is 7.02. The number of amides is 1. The summed E-state index contributed by atoms with van der Waals surface area (Å²) in [5, 5.41) is 3.98. The number of piperidine rings is 1. The first kappa shape index (κ1) is 18.9. The van der Waals surface area contributed by atoms with Gasteiger partial charge in [-0.25, -0.2) is 8.42 Å². The molecular formula is C23H23N3O3S. The van der Waals surface area contributed by atoms with Crippen LogP contribution in [0.5, 0.6) is 0 Å². The predicted octanol–water partition coefficient (Wildman–Crippen LogP) is 4.44. The lowest BCUT2D eigenvalue weighted by molar-refractivity contribution is 0.103. The maximum absolute atomic E-state index is 13.2. The lowest BCUT2D eigenvalue weighted by Gasteiger charge is -2.32. The molecule has 0 radical (unpaired) electrons. The molecule has 0 aromatic heterocycles. The number of nitrogens with one attached hydrogen (secondary N) is 2. The Bertz CT molecular complexity index is 1260. The van der Waals surface area contributed by atoms with Crippen LogP contribution in [0, 0.1) is 5.92 Å². The maximum atomic E-state index is 13.2. The number of hydrogen-bond donors (Lipinski definition) is 2. The van der Waals surface area contributed by atoms with Crippen LogP contribution < -0.4 is 14.9 Å². The highest BCUT2D eigenvalue weighted by Gasteiger charge is 2.26. The molecule has 154 valence electrons. The van der Waals surface area contributed by atoms with E-state index >= 15 is 0 Å². The third-order valence-electron chi connectivity index (χ3n) is 6.03. The van der Waals surface area contributed by atoms with E-state index in [0.29, 0.717) is 27.7 Å². The highest BCUT2D eigenvalue weighted by molar-refractivity contribution is 7.93. The number of nitrogens with zero attached hydrogens (tertiary/aromatic N) is 1. The zero-order chi connectivity index (χ0) is 20.9. The Labute approximate surface area is 175 Å². The standard InChI is InChI=1S/C23H23N3O3S/c1-15-10-12-26(13-11-15)17-5-2-4-16(14-17)25-30(28,29)21-9-8-20-22-18(21)6-3-7-19(22)23(27)24-20/h2-9,14-15,25H,10-13H2,1H3,(H,24,27). The van der Waals surface area contributed by atoms with E-state index in [2.05, 4.69) is 21.9 Å². The molecule has 1 saturated heterocycles. The van der Waals surface area contributed by atoms with Crippen molar-refractivity contribution in [3.63, 3.8) is 0 Å². The number of anilines is 3. The molecule has 7 heteroatoms. The van der Waals surface area contributed by atoms with E-state index in [-0.39, 0.29) is 10.8 Å². The van der Waals surface area contributed by atoms with Gasteiger partial charge < -0.3 is 10.2 Å². The largest absolute Gasteiger partial charge is 0.371 e. The summed E-state index contributed by atoms with van der Waals surface area (Å²) in [5.74, 6) is 0.523. The highest BCUT2D eigenvalue weighted by atomic mass is 32.2. The Hall–Kier alpha value is -3.06. The summed E-state index contributed by atoms with van der Waals surface area (Å²) in [6.07, 6.45) is 2.28. The lowest BCUT2D eigenvalue weighted by Crippen LogP contribution is -2.32. The fourth-order valence-electron chi connectivity index (χ4n) is 4.34. The van der Waals surface area contributed by atoms with Crippen molar-refractivity contribution >= 4 is 43.8 Å². The van der Waals surface area contributed by atoms with E-state index in [1.807, 2.05) is 18.2 Å². The molecule has 2 aliphatic rings. The summed E-state index contributed by atoms with van der Waals surface area (Å²) in [6, 6.07) is 15.9. The first-order valence-electron chi connectivity index (χ1n) is 10.2. The Morgan fingerprint density at radius 3 is 2.60 bits per heavy atom. The second-order valence-electron chi connectivity index (χ2n) is 8.12. The Kier molecular flexibility index (Phi) is 4.43. The van der Waals surface area contributed by atoms with Gasteiger partial charge in [-0.15, -0.1) is 0 Å². The van der Waals surface area contributed by atoms with Gasteiger partial charge in [0.2, 0.25) is 0 Å². The van der Waals surface area contributed by atoms with Gasteiger partial charge in [-0.1, -0.05) is 25.1 Å². The van der Waals surface area contributed by atoms with Crippen LogP contribution in [0.4, 0.5) is 17.1 Å². The Morgan fingerprint density at radius 2 is 1.80 bits per heavy atom. The monoisotopic (exact) mass is 421 g/mol. The molecule has 0 aliphatic carbocycles. The molecule has 2 N–H and O–H groups in total. The number of carbonyl (C=O) groups excluding carboxylic acids is 1. The molecule has 3 aromatic carbocycles. The van der Waals surface area contributed by atoms with Crippen molar-refractivity contribution in [3.8, 4) is 0 Å². The van der Waals surface area contributed by atoms with Crippen LogP contribution in [-0.4, -0.2) is 27.4 Å². The Balaban J connectivity index is 1.49. The van der Waals surface area contributed by atoms with Crippen LogP contribution in [0.15, 0.2) is 59.5 Å². The molecule has 0 spiro atoms. The third-order valence-corrected chi connectivity index (χ3v) is 7.47. The van der Waals surface area contributed by atoms with E-state index < -0.39 is 10.0 Å². The van der Waals surface area contributed by atoms with Crippen LogP contribution in [0.25, 0.3) is 10.8 Å². The fourth-order valence-corrected chi connectivity index (χ4v) is 5.59. The van der Waals surface area contributed by atoms with E-state index in [4.69, 9.17) is 0 Å². The number of rotatable bonds is 4. The van der Waals surface area contributed by atoms with Crippen molar-refractivity contribution in [2.24, 2.45) is 5.92 Å². The van der Waals surface area contributed by atoms with E-state index in [9.17, 15) is 13.2 Å². The minimum Gasteiger partial charge on any atom is -0.371 e. The van der Waals surface area contributed by atoms with Crippen molar-refractivity contribution in [1.82, 2.24) is 0 Å². The van der Waals surface area contributed by atoms with E-state index in [1.165, 1.54) is 0 Å². The SMILES string of the molecule is CC1CCN(c2cccc(NS(=O)(=O)c3ccc4c5c(cccc35)C(=O)N4)c2)CC1. The predicted molar refractivity (Wildman–Crippen MR) is 120 cm³/mol. The van der Waals surface area contributed by atoms with Crippen molar-refractivity contribution in [3.05, 3.63) is 60.2 Å². The molecule has 1 fully saturated rings. The third kappa shape index (κ3) is 3.19. The molecule has 0 bridgehead atoms. The van der Waals surface area contributed by atoms with Gasteiger partial charge in [0.25, 0.3) is 15.9 Å².